The second-order valence-electron chi connectivity index (χ2n) is 6.26. The summed E-state index contributed by atoms with van der Waals surface area (Å²) in [4.78, 5) is 18.4. The minimum Gasteiger partial charge on any atom is -0.339 e. The summed E-state index contributed by atoms with van der Waals surface area (Å²) in [5.74, 6) is 0.164. The van der Waals surface area contributed by atoms with Crippen LogP contribution >= 0.6 is 11.6 Å². The summed E-state index contributed by atoms with van der Waals surface area (Å²) in [7, 11) is 0. The molecule has 1 atom stereocenters. The minimum absolute atomic E-state index is 0.0915. The van der Waals surface area contributed by atoms with E-state index in [0.717, 1.165) is 5.56 Å². The summed E-state index contributed by atoms with van der Waals surface area (Å²) in [5.41, 5.74) is 1.77. The largest absolute Gasteiger partial charge is 0.339 e. The molecule has 4 rings (SSSR count). The van der Waals surface area contributed by atoms with Gasteiger partial charge >= 0.3 is 0 Å². The molecule has 5 nitrogen and oxygen atoms in total. The van der Waals surface area contributed by atoms with Gasteiger partial charge in [0.05, 0.1) is 5.92 Å². The molecule has 1 aliphatic rings. The SMILES string of the molecule is Cc1c(F)cccc1N1CC(c2nc(-c3cccc(Cl)c3)no2)CC1=O. The highest BCUT2D eigenvalue weighted by Gasteiger charge is 2.36. The van der Waals surface area contributed by atoms with Crippen molar-refractivity contribution in [2.45, 2.75) is 19.3 Å². The number of amides is 1. The molecular weight excluding hydrogens is 357 g/mol. The van der Waals surface area contributed by atoms with Crippen molar-refractivity contribution < 1.29 is 13.7 Å². The highest BCUT2D eigenvalue weighted by atomic mass is 35.5. The van der Waals surface area contributed by atoms with Crippen molar-refractivity contribution in [1.29, 1.82) is 0 Å². The Morgan fingerprint density at radius 3 is 2.88 bits per heavy atom. The second-order valence-corrected chi connectivity index (χ2v) is 6.69. The van der Waals surface area contributed by atoms with Crippen molar-refractivity contribution in [3.63, 3.8) is 0 Å². The van der Waals surface area contributed by atoms with Gasteiger partial charge in [-0.3, -0.25) is 4.79 Å². The van der Waals surface area contributed by atoms with Gasteiger partial charge in [0.25, 0.3) is 0 Å². The van der Waals surface area contributed by atoms with Crippen molar-refractivity contribution in [2.75, 3.05) is 11.4 Å². The summed E-state index contributed by atoms with van der Waals surface area (Å²) in [6, 6.07) is 11.9. The summed E-state index contributed by atoms with van der Waals surface area (Å²) in [6.45, 7) is 2.04. The Hall–Kier alpha value is -2.73. The van der Waals surface area contributed by atoms with Crippen LogP contribution in [0.15, 0.2) is 47.0 Å². The lowest BCUT2D eigenvalue weighted by molar-refractivity contribution is -0.117. The topological polar surface area (TPSA) is 59.2 Å². The third kappa shape index (κ3) is 2.97. The maximum Gasteiger partial charge on any atom is 0.232 e. The molecule has 1 saturated heterocycles. The standard InChI is InChI=1S/C19H15ClFN3O2/c1-11-15(21)6-3-7-16(11)24-10-13(9-17(24)25)19-22-18(23-26-19)12-4-2-5-14(20)8-12/h2-8,13H,9-10H2,1H3. The van der Waals surface area contributed by atoms with Crippen LogP contribution in [0, 0.1) is 12.7 Å². The Morgan fingerprint density at radius 2 is 2.08 bits per heavy atom. The van der Waals surface area contributed by atoms with E-state index < -0.39 is 0 Å². The lowest BCUT2D eigenvalue weighted by Gasteiger charge is -2.18. The van der Waals surface area contributed by atoms with Crippen LogP contribution in [0.2, 0.25) is 5.02 Å². The third-order valence-electron chi connectivity index (χ3n) is 4.53. The Labute approximate surface area is 154 Å². The zero-order valence-electron chi connectivity index (χ0n) is 13.9. The maximum atomic E-state index is 13.8. The average Bonchev–Trinajstić information content (AvgIpc) is 3.24. The lowest BCUT2D eigenvalue weighted by Crippen LogP contribution is -2.25. The van der Waals surface area contributed by atoms with E-state index in [0.29, 0.717) is 34.5 Å². The number of benzene rings is 2. The fraction of sp³-hybridized carbons (Fsp3) is 0.211. The van der Waals surface area contributed by atoms with Crippen LogP contribution in [0.4, 0.5) is 10.1 Å². The second kappa shape index (κ2) is 6.53. The van der Waals surface area contributed by atoms with E-state index in [9.17, 15) is 9.18 Å². The number of anilines is 1. The lowest BCUT2D eigenvalue weighted by atomic mass is 10.1. The van der Waals surface area contributed by atoms with E-state index >= 15 is 0 Å². The van der Waals surface area contributed by atoms with Crippen molar-refractivity contribution in [3.8, 4) is 11.4 Å². The van der Waals surface area contributed by atoms with E-state index in [-0.39, 0.29) is 24.1 Å². The zero-order chi connectivity index (χ0) is 18.3. The van der Waals surface area contributed by atoms with Gasteiger partial charge in [-0.05, 0) is 31.2 Å². The van der Waals surface area contributed by atoms with Gasteiger partial charge < -0.3 is 9.42 Å². The van der Waals surface area contributed by atoms with Crippen molar-refractivity contribution in [2.24, 2.45) is 0 Å². The molecule has 1 aromatic heterocycles. The van der Waals surface area contributed by atoms with E-state index in [1.54, 1.807) is 42.2 Å². The van der Waals surface area contributed by atoms with Crippen molar-refractivity contribution >= 4 is 23.2 Å². The molecule has 0 aliphatic carbocycles. The predicted molar refractivity (Wildman–Crippen MR) is 95.6 cm³/mol. The maximum absolute atomic E-state index is 13.8. The predicted octanol–water partition coefficient (Wildman–Crippen LogP) is 4.36. The summed E-state index contributed by atoms with van der Waals surface area (Å²) in [6.07, 6.45) is 0.243. The quantitative estimate of drug-likeness (QED) is 0.686. The molecule has 1 amide bonds. The van der Waals surface area contributed by atoms with Crippen molar-refractivity contribution in [1.82, 2.24) is 10.1 Å². The molecule has 0 radical (unpaired) electrons. The molecule has 7 heteroatoms. The minimum atomic E-state index is -0.334. The Bertz CT molecular complexity index is 988. The van der Waals surface area contributed by atoms with Crippen LogP contribution in [0.25, 0.3) is 11.4 Å². The summed E-state index contributed by atoms with van der Waals surface area (Å²) >= 11 is 5.99. The number of aromatic nitrogens is 2. The van der Waals surface area contributed by atoms with Gasteiger partial charge in [-0.25, -0.2) is 4.39 Å². The number of nitrogens with zero attached hydrogens (tertiary/aromatic N) is 3. The number of halogens is 2. The van der Waals surface area contributed by atoms with Gasteiger partial charge in [-0.1, -0.05) is 35.0 Å². The Balaban J connectivity index is 1.59. The van der Waals surface area contributed by atoms with Crippen LogP contribution in [0.3, 0.4) is 0 Å². The van der Waals surface area contributed by atoms with Crippen LogP contribution in [0.5, 0.6) is 0 Å². The van der Waals surface area contributed by atoms with E-state index in [1.165, 1.54) is 6.07 Å². The van der Waals surface area contributed by atoms with Gasteiger partial charge in [0.2, 0.25) is 17.6 Å². The van der Waals surface area contributed by atoms with Gasteiger partial charge in [0.1, 0.15) is 5.82 Å². The van der Waals surface area contributed by atoms with Crippen LogP contribution in [0.1, 0.15) is 23.8 Å². The fourth-order valence-corrected chi connectivity index (χ4v) is 3.33. The molecular formula is C19H15ClFN3O2. The first-order chi connectivity index (χ1) is 12.5. The first-order valence-electron chi connectivity index (χ1n) is 8.18. The summed E-state index contributed by atoms with van der Waals surface area (Å²) in [5, 5.41) is 4.57. The molecule has 1 fully saturated rings. The van der Waals surface area contributed by atoms with E-state index in [2.05, 4.69) is 10.1 Å². The molecule has 0 spiro atoms. The molecule has 26 heavy (non-hydrogen) atoms. The molecule has 132 valence electrons. The van der Waals surface area contributed by atoms with Crippen LogP contribution in [-0.4, -0.2) is 22.6 Å². The van der Waals surface area contributed by atoms with Gasteiger partial charge in [0, 0.05) is 34.8 Å². The zero-order valence-corrected chi connectivity index (χ0v) is 14.7. The molecule has 2 heterocycles. The molecule has 1 aliphatic heterocycles. The number of carbonyl (C=O) groups excluding carboxylic acids is 1. The van der Waals surface area contributed by atoms with E-state index in [4.69, 9.17) is 16.1 Å². The molecule has 0 bridgehead atoms. The molecule has 1 unspecified atom stereocenters. The highest BCUT2D eigenvalue weighted by Crippen LogP contribution is 2.34. The smallest absolute Gasteiger partial charge is 0.232 e. The first kappa shape index (κ1) is 16.7. The van der Waals surface area contributed by atoms with Gasteiger partial charge in [0.15, 0.2) is 0 Å². The number of rotatable bonds is 3. The monoisotopic (exact) mass is 371 g/mol. The summed E-state index contributed by atoms with van der Waals surface area (Å²) < 4.78 is 19.2. The Morgan fingerprint density at radius 1 is 1.27 bits per heavy atom. The van der Waals surface area contributed by atoms with Gasteiger partial charge in [-0.15, -0.1) is 0 Å². The van der Waals surface area contributed by atoms with Crippen molar-refractivity contribution in [3.05, 3.63) is 64.8 Å². The third-order valence-corrected chi connectivity index (χ3v) is 4.76. The normalized spacial score (nSPS) is 17.1. The Kier molecular flexibility index (Phi) is 4.20. The van der Waals surface area contributed by atoms with E-state index in [1.807, 2.05) is 6.07 Å². The highest BCUT2D eigenvalue weighted by molar-refractivity contribution is 6.30. The number of hydrogen-bond donors (Lipinski definition) is 0. The van der Waals surface area contributed by atoms with Crippen LogP contribution in [-0.2, 0) is 4.79 Å². The molecule has 3 aromatic rings. The molecule has 0 saturated carbocycles. The molecule has 0 N–H and O–H groups in total. The number of hydrogen-bond acceptors (Lipinski definition) is 4. The van der Waals surface area contributed by atoms with Gasteiger partial charge in [-0.2, -0.15) is 4.98 Å². The number of carbonyl (C=O) groups is 1. The van der Waals surface area contributed by atoms with Crippen LogP contribution < -0.4 is 4.90 Å². The first-order valence-corrected chi connectivity index (χ1v) is 8.56. The fourth-order valence-electron chi connectivity index (χ4n) is 3.14. The average molecular weight is 372 g/mol. The molecule has 2 aromatic carbocycles.